The Morgan fingerprint density at radius 1 is 1.33 bits per heavy atom. The van der Waals surface area contributed by atoms with Gasteiger partial charge in [0.25, 0.3) is 0 Å². The second kappa shape index (κ2) is 6.97. The molecule has 100 valence electrons. The summed E-state index contributed by atoms with van der Waals surface area (Å²) in [4.78, 5) is 1.42. The van der Waals surface area contributed by atoms with Gasteiger partial charge in [0.05, 0.1) is 0 Å². The van der Waals surface area contributed by atoms with Crippen LogP contribution in [-0.2, 0) is 6.42 Å². The fraction of sp³-hybridized carbons (Fsp3) is 0.600. The van der Waals surface area contributed by atoms with Crippen LogP contribution in [0.15, 0.2) is 27.6 Å². The molecule has 1 fully saturated rings. The van der Waals surface area contributed by atoms with Crippen molar-refractivity contribution in [3.8, 4) is 0 Å². The molecule has 18 heavy (non-hydrogen) atoms. The fourth-order valence-corrected chi connectivity index (χ4v) is 4.45. The number of hydrogen-bond donors (Lipinski definition) is 1. The van der Waals surface area contributed by atoms with Crippen LogP contribution in [0, 0.1) is 0 Å². The van der Waals surface area contributed by atoms with Crippen molar-refractivity contribution in [2.24, 2.45) is 5.73 Å². The van der Waals surface area contributed by atoms with Crippen LogP contribution in [0.2, 0.25) is 0 Å². The van der Waals surface area contributed by atoms with Gasteiger partial charge in [-0.2, -0.15) is 0 Å². The lowest BCUT2D eigenvalue weighted by molar-refractivity contribution is 0.516. The number of halogens is 1. The van der Waals surface area contributed by atoms with Crippen molar-refractivity contribution in [1.29, 1.82) is 0 Å². The third-order valence-corrected chi connectivity index (χ3v) is 5.35. The zero-order valence-corrected chi connectivity index (χ0v) is 13.4. The van der Waals surface area contributed by atoms with Gasteiger partial charge in [0, 0.05) is 20.7 Å². The number of benzene rings is 1. The highest BCUT2D eigenvalue weighted by atomic mass is 79.9. The lowest BCUT2D eigenvalue weighted by Gasteiger charge is -2.22. The molecule has 0 radical (unpaired) electrons. The molecule has 1 aromatic carbocycles. The molecule has 0 amide bonds. The van der Waals surface area contributed by atoms with Gasteiger partial charge in [-0.15, -0.1) is 11.8 Å². The second-order valence-electron chi connectivity index (χ2n) is 5.31. The summed E-state index contributed by atoms with van der Waals surface area (Å²) in [6, 6.07) is 6.84. The lowest BCUT2D eigenvalue weighted by Crippen LogP contribution is -2.18. The van der Waals surface area contributed by atoms with Gasteiger partial charge in [0.1, 0.15) is 0 Å². The highest BCUT2D eigenvalue weighted by Crippen LogP contribution is 2.36. The molecule has 1 saturated carbocycles. The van der Waals surface area contributed by atoms with Crippen LogP contribution in [-0.4, -0.2) is 11.3 Å². The first-order valence-electron chi connectivity index (χ1n) is 6.86. The maximum absolute atomic E-state index is 5.94. The first-order chi connectivity index (χ1) is 8.65. The van der Waals surface area contributed by atoms with Gasteiger partial charge >= 0.3 is 0 Å². The Kier molecular flexibility index (Phi) is 5.58. The quantitative estimate of drug-likeness (QED) is 0.862. The third-order valence-electron chi connectivity index (χ3n) is 3.42. The van der Waals surface area contributed by atoms with E-state index in [1.165, 1.54) is 47.0 Å². The summed E-state index contributed by atoms with van der Waals surface area (Å²) in [5.41, 5.74) is 7.35. The minimum absolute atomic E-state index is 0.233. The van der Waals surface area contributed by atoms with Crippen LogP contribution in [0.25, 0.3) is 0 Å². The highest BCUT2D eigenvalue weighted by Gasteiger charge is 2.16. The van der Waals surface area contributed by atoms with Crippen LogP contribution in [0.5, 0.6) is 0 Å². The molecule has 0 bridgehead atoms. The first-order valence-corrected chi connectivity index (χ1v) is 8.53. The third kappa shape index (κ3) is 4.29. The minimum Gasteiger partial charge on any atom is -0.328 e. The molecule has 1 aliphatic rings. The molecule has 1 nitrogen and oxygen atoms in total. The molecule has 2 N–H and O–H groups in total. The van der Waals surface area contributed by atoms with Crippen molar-refractivity contribution in [1.82, 2.24) is 0 Å². The van der Waals surface area contributed by atoms with Crippen LogP contribution in [0.1, 0.15) is 44.6 Å². The Morgan fingerprint density at radius 2 is 2.06 bits per heavy atom. The standard InChI is InChI=1S/C15H22BrNS/c1-11(17)9-12-7-8-13(16)10-15(12)18-14-5-3-2-4-6-14/h7-8,10-11,14H,2-6,9,17H2,1H3. The Hall–Kier alpha value is 0.01000. The Morgan fingerprint density at radius 3 is 2.72 bits per heavy atom. The Bertz CT molecular complexity index is 386. The zero-order valence-electron chi connectivity index (χ0n) is 11.0. The van der Waals surface area contributed by atoms with Gasteiger partial charge < -0.3 is 5.73 Å². The van der Waals surface area contributed by atoms with E-state index in [4.69, 9.17) is 5.73 Å². The predicted octanol–water partition coefficient (Wildman–Crippen LogP) is 4.76. The van der Waals surface area contributed by atoms with Crippen molar-refractivity contribution >= 4 is 27.7 Å². The molecule has 0 aromatic heterocycles. The highest BCUT2D eigenvalue weighted by molar-refractivity contribution is 9.10. The number of rotatable bonds is 4. The molecule has 2 rings (SSSR count). The molecule has 1 unspecified atom stereocenters. The van der Waals surface area contributed by atoms with E-state index in [0.717, 1.165) is 11.7 Å². The Balaban J connectivity index is 2.10. The molecule has 0 saturated heterocycles. The summed E-state index contributed by atoms with van der Waals surface area (Å²) >= 11 is 5.64. The zero-order chi connectivity index (χ0) is 13.0. The van der Waals surface area contributed by atoms with E-state index in [0.29, 0.717) is 0 Å². The molecule has 1 aromatic rings. The van der Waals surface area contributed by atoms with E-state index in [2.05, 4.69) is 52.8 Å². The predicted molar refractivity (Wildman–Crippen MR) is 84.2 cm³/mol. The van der Waals surface area contributed by atoms with Gasteiger partial charge in [-0.1, -0.05) is 41.3 Å². The SMILES string of the molecule is CC(N)Cc1ccc(Br)cc1SC1CCCCC1. The molecule has 0 aliphatic heterocycles. The normalized spacial score (nSPS) is 18.8. The van der Waals surface area contributed by atoms with E-state index in [1.807, 2.05) is 0 Å². The fourth-order valence-electron chi connectivity index (χ4n) is 2.52. The molecular weight excluding hydrogens is 306 g/mol. The second-order valence-corrected chi connectivity index (χ2v) is 7.57. The Labute approximate surface area is 123 Å². The summed E-state index contributed by atoms with van der Waals surface area (Å²) in [6.45, 7) is 2.08. The molecule has 0 heterocycles. The average molecular weight is 328 g/mol. The van der Waals surface area contributed by atoms with Gasteiger partial charge in [0.2, 0.25) is 0 Å². The largest absolute Gasteiger partial charge is 0.328 e. The van der Waals surface area contributed by atoms with Gasteiger partial charge in [-0.25, -0.2) is 0 Å². The average Bonchev–Trinajstić information content (AvgIpc) is 2.33. The number of nitrogens with two attached hydrogens (primary N) is 1. The van der Waals surface area contributed by atoms with Gasteiger partial charge in [-0.05, 0) is 43.9 Å². The number of hydrogen-bond acceptors (Lipinski definition) is 2. The summed E-state index contributed by atoms with van der Waals surface area (Å²) < 4.78 is 1.18. The van der Waals surface area contributed by atoms with Gasteiger partial charge in [0.15, 0.2) is 0 Å². The van der Waals surface area contributed by atoms with E-state index in [9.17, 15) is 0 Å². The van der Waals surface area contributed by atoms with Crippen LogP contribution in [0.4, 0.5) is 0 Å². The van der Waals surface area contributed by atoms with Crippen molar-refractivity contribution in [2.45, 2.75) is 61.6 Å². The van der Waals surface area contributed by atoms with E-state index < -0.39 is 0 Å². The van der Waals surface area contributed by atoms with Crippen molar-refractivity contribution in [3.63, 3.8) is 0 Å². The molecule has 3 heteroatoms. The monoisotopic (exact) mass is 327 g/mol. The number of thioether (sulfide) groups is 1. The van der Waals surface area contributed by atoms with Crippen molar-refractivity contribution in [3.05, 3.63) is 28.2 Å². The minimum atomic E-state index is 0.233. The molecule has 1 aliphatic carbocycles. The van der Waals surface area contributed by atoms with Gasteiger partial charge in [-0.3, -0.25) is 0 Å². The topological polar surface area (TPSA) is 26.0 Å². The summed E-state index contributed by atoms with van der Waals surface area (Å²) in [5, 5.41) is 0.805. The maximum Gasteiger partial charge on any atom is 0.0186 e. The molecular formula is C15H22BrNS. The van der Waals surface area contributed by atoms with Crippen molar-refractivity contribution in [2.75, 3.05) is 0 Å². The lowest BCUT2D eigenvalue weighted by atomic mass is 10.0. The maximum atomic E-state index is 5.94. The first kappa shape index (κ1) is 14.4. The summed E-state index contributed by atoms with van der Waals surface area (Å²) in [7, 11) is 0. The van der Waals surface area contributed by atoms with Crippen LogP contribution >= 0.6 is 27.7 Å². The summed E-state index contributed by atoms with van der Waals surface area (Å²) in [6.07, 6.45) is 7.93. The van der Waals surface area contributed by atoms with Crippen molar-refractivity contribution < 1.29 is 0 Å². The smallest absolute Gasteiger partial charge is 0.0186 e. The van der Waals surface area contributed by atoms with E-state index >= 15 is 0 Å². The van der Waals surface area contributed by atoms with E-state index in [1.54, 1.807) is 0 Å². The van der Waals surface area contributed by atoms with Crippen LogP contribution < -0.4 is 5.73 Å². The van der Waals surface area contributed by atoms with Crippen LogP contribution in [0.3, 0.4) is 0 Å². The van der Waals surface area contributed by atoms with E-state index in [-0.39, 0.29) is 6.04 Å². The summed E-state index contributed by atoms with van der Waals surface area (Å²) in [5.74, 6) is 0. The molecule has 1 atom stereocenters. The molecule has 0 spiro atoms.